The van der Waals surface area contributed by atoms with Crippen LogP contribution >= 0.6 is 19.0 Å². The normalized spacial score (nSPS) is 28.0. The molecule has 0 saturated carbocycles. The summed E-state index contributed by atoms with van der Waals surface area (Å²) < 4.78 is 44.5. The minimum atomic E-state index is -4.15. The standard InChI is InChI=1S/C26H30N7O10PS/c1-39-21-20(35)17(42-25(21)33-12-30-19-22(27)28-11-29-23(19)33)10-40-44(38,45)43-15-7-18(41-16(15)9-34)32-8-14(24(36)31-26(32)37)13-5-3-2-4-6-13/h2-6,8,11-12,15-18,20-21,25,34-35H,7,9-10H2,1H3,(H,38,45)(H2,27,28,29)(H,31,36,37)/t15-,16?,17?,18-,20?,21?,25?,44?/m1/s1. The highest BCUT2D eigenvalue weighted by atomic mass is 32.7. The number of aromatic nitrogens is 6. The minimum Gasteiger partial charge on any atom is -0.394 e. The van der Waals surface area contributed by atoms with Gasteiger partial charge in [0.1, 0.15) is 48.6 Å². The van der Waals surface area contributed by atoms with E-state index in [1.54, 1.807) is 30.3 Å². The second kappa shape index (κ2) is 12.7. The van der Waals surface area contributed by atoms with Crippen molar-refractivity contribution in [1.29, 1.82) is 0 Å². The van der Waals surface area contributed by atoms with E-state index in [1.165, 1.54) is 35.1 Å². The Morgan fingerprint density at radius 3 is 2.67 bits per heavy atom. The lowest BCUT2D eigenvalue weighted by Crippen LogP contribution is -2.35. The number of aliphatic hydroxyl groups is 2. The number of benzene rings is 1. The Bertz CT molecular complexity index is 1840. The van der Waals surface area contributed by atoms with Crippen LogP contribution < -0.4 is 17.0 Å². The smallest absolute Gasteiger partial charge is 0.386 e. The molecule has 4 aromatic rings. The molecule has 240 valence electrons. The van der Waals surface area contributed by atoms with E-state index in [2.05, 4.69) is 32.2 Å². The highest BCUT2D eigenvalue weighted by Gasteiger charge is 2.47. The number of thiol groups is 1. The number of nitrogens with two attached hydrogens (primary N) is 1. The number of anilines is 1. The SMILES string of the molecule is COC1C(O)C(COP(=O)(S)O[C@@H]2C[C@H](n3cc(-c4ccccc4)c(=O)[nH]c3=O)OC2CO)OC1n1cnc2c(N)ncnc21. The molecular formula is C26H30N7O10PS. The first-order valence-electron chi connectivity index (χ1n) is 13.7. The molecule has 0 aliphatic carbocycles. The maximum atomic E-state index is 13.3. The Labute approximate surface area is 259 Å². The molecule has 2 aliphatic rings. The molecule has 19 heteroatoms. The largest absolute Gasteiger partial charge is 0.394 e. The van der Waals surface area contributed by atoms with E-state index in [0.29, 0.717) is 16.7 Å². The summed E-state index contributed by atoms with van der Waals surface area (Å²) in [7, 11) is 1.39. The number of fused-ring (bicyclic) bond motifs is 1. The molecule has 0 radical (unpaired) electrons. The molecule has 45 heavy (non-hydrogen) atoms. The van der Waals surface area contributed by atoms with Gasteiger partial charge in [0, 0.05) is 19.7 Å². The first kappa shape index (κ1) is 31.5. The van der Waals surface area contributed by atoms with Crippen molar-refractivity contribution in [3.63, 3.8) is 0 Å². The summed E-state index contributed by atoms with van der Waals surface area (Å²) in [5, 5.41) is 20.9. The zero-order chi connectivity index (χ0) is 31.9. The van der Waals surface area contributed by atoms with Gasteiger partial charge in [-0.3, -0.25) is 28.0 Å². The van der Waals surface area contributed by atoms with Crippen molar-refractivity contribution < 1.29 is 38.0 Å². The number of ether oxygens (including phenoxy) is 3. The monoisotopic (exact) mass is 663 g/mol. The van der Waals surface area contributed by atoms with Gasteiger partial charge in [-0.1, -0.05) is 42.6 Å². The third kappa shape index (κ3) is 6.20. The number of nitrogen functional groups attached to an aromatic ring is 1. The number of imidazole rings is 1. The molecule has 5 heterocycles. The minimum absolute atomic E-state index is 0.0333. The van der Waals surface area contributed by atoms with Crippen molar-refractivity contribution in [3.8, 4) is 11.1 Å². The summed E-state index contributed by atoms with van der Waals surface area (Å²) in [6, 6.07) is 8.73. The van der Waals surface area contributed by atoms with E-state index >= 15 is 0 Å². The van der Waals surface area contributed by atoms with E-state index in [1.807, 2.05) is 0 Å². The molecular weight excluding hydrogens is 633 g/mol. The van der Waals surface area contributed by atoms with Crippen LogP contribution in [0.1, 0.15) is 18.9 Å². The summed E-state index contributed by atoms with van der Waals surface area (Å²) in [5.74, 6) is 0.167. The number of aliphatic hydroxyl groups excluding tert-OH is 2. The fourth-order valence-electron chi connectivity index (χ4n) is 5.43. The van der Waals surface area contributed by atoms with Crippen molar-refractivity contribution in [1.82, 2.24) is 29.1 Å². The van der Waals surface area contributed by atoms with Crippen molar-refractivity contribution >= 4 is 36.0 Å². The van der Waals surface area contributed by atoms with Gasteiger partial charge in [-0.25, -0.2) is 24.3 Å². The maximum absolute atomic E-state index is 13.3. The first-order valence-corrected chi connectivity index (χ1v) is 16.4. The van der Waals surface area contributed by atoms with Crippen LogP contribution in [-0.4, -0.2) is 90.1 Å². The molecule has 1 aromatic carbocycles. The molecule has 2 aliphatic heterocycles. The van der Waals surface area contributed by atoms with Crippen molar-refractivity contribution in [2.24, 2.45) is 0 Å². The molecule has 0 spiro atoms. The molecule has 2 saturated heterocycles. The number of hydrogen-bond acceptors (Lipinski definition) is 14. The Balaban J connectivity index is 1.14. The molecule has 8 atom stereocenters. The van der Waals surface area contributed by atoms with E-state index < -0.39 is 74.2 Å². The quantitative estimate of drug-likeness (QED) is 0.116. The second-order valence-corrected chi connectivity index (χ2v) is 13.2. The van der Waals surface area contributed by atoms with Gasteiger partial charge in [-0.15, -0.1) is 0 Å². The van der Waals surface area contributed by atoms with E-state index in [9.17, 15) is 24.4 Å². The number of nitrogens with one attached hydrogen (secondary N) is 1. The van der Waals surface area contributed by atoms with Crippen molar-refractivity contribution in [2.75, 3.05) is 26.1 Å². The van der Waals surface area contributed by atoms with Crippen LogP contribution in [0.2, 0.25) is 0 Å². The third-order valence-corrected chi connectivity index (χ3v) is 9.28. The van der Waals surface area contributed by atoms with Gasteiger partial charge in [0.05, 0.1) is 25.1 Å². The average molecular weight is 664 g/mol. The Morgan fingerprint density at radius 1 is 1.16 bits per heavy atom. The van der Waals surface area contributed by atoms with Crippen LogP contribution in [0.5, 0.6) is 0 Å². The molecule has 2 fully saturated rings. The van der Waals surface area contributed by atoms with Gasteiger partial charge in [-0.2, -0.15) is 0 Å². The summed E-state index contributed by atoms with van der Waals surface area (Å²) in [6.07, 6.45) is -2.99. The van der Waals surface area contributed by atoms with Gasteiger partial charge < -0.3 is 30.2 Å². The molecule has 0 amide bonds. The van der Waals surface area contributed by atoms with Crippen LogP contribution in [-0.2, 0) is 27.8 Å². The lowest BCUT2D eigenvalue weighted by molar-refractivity contribution is -0.0587. The summed E-state index contributed by atoms with van der Waals surface area (Å²) in [4.78, 5) is 39.8. The molecule has 6 unspecified atom stereocenters. The summed E-state index contributed by atoms with van der Waals surface area (Å²) in [6.45, 7) is -5.10. The van der Waals surface area contributed by atoms with Gasteiger partial charge >= 0.3 is 12.5 Å². The van der Waals surface area contributed by atoms with Crippen LogP contribution in [0.15, 0.2) is 58.8 Å². The third-order valence-electron chi connectivity index (χ3n) is 7.64. The Hall–Kier alpha value is -3.45. The zero-order valence-corrected chi connectivity index (χ0v) is 25.4. The zero-order valence-electron chi connectivity index (χ0n) is 23.6. The molecule has 0 bridgehead atoms. The summed E-state index contributed by atoms with van der Waals surface area (Å²) >= 11 is 4.09. The van der Waals surface area contributed by atoms with Gasteiger partial charge in [0.2, 0.25) is 0 Å². The van der Waals surface area contributed by atoms with E-state index in [0.717, 1.165) is 0 Å². The lowest BCUT2D eigenvalue weighted by atomic mass is 10.1. The van der Waals surface area contributed by atoms with Gasteiger partial charge in [0.25, 0.3) is 5.56 Å². The number of H-pyrrole nitrogens is 1. The number of aromatic amines is 1. The predicted octanol–water partition coefficient (Wildman–Crippen LogP) is 0.619. The molecule has 5 N–H and O–H groups in total. The second-order valence-electron chi connectivity index (χ2n) is 10.4. The lowest BCUT2D eigenvalue weighted by Gasteiger charge is -2.22. The molecule has 3 aromatic heterocycles. The van der Waals surface area contributed by atoms with E-state index in [-0.39, 0.29) is 17.8 Å². The fourth-order valence-corrected chi connectivity index (χ4v) is 6.95. The van der Waals surface area contributed by atoms with Crippen LogP contribution in [0.25, 0.3) is 22.3 Å². The first-order chi connectivity index (χ1) is 21.6. The number of hydrogen-bond donors (Lipinski definition) is 5. The highest BCUT2D eigenvalue weighted by molar-refractivity contribution is 8.44. The maximum Gasteiger partial charge on any atom is 0.386 e. The molecule has 6 rings (SSSR count). The molecule has 17 nitrogen and oxygen atoms in total. The van der Waals surface area contributed by atoms with Gasteiger partial charge in [-0.05, 0) is 5.56 Å². The number of rotatable bonds is 10. The number of methoxy groups -OCH3 is 1. The highest BCUT2D eigenvalue weighted by Crippen LogP contribution is 2.56. The van der Waals surface area contributed by atoms with Crippen molar-refractivity contribution in [3.05, 3.63) is 70.0 Å². The van der Waals surface area contributed by atoms with E-state index in [4.69, 9.17) is 29.0 Å². The van der Waals surface area contributed by atoms with Crippen LogP contribution in [0.3, 0.4) is 0 Å². The Kier molecular flexibility index (Phi) is 8.93. The van der Waals surface area contributed by atoms with Crippen LogP contribution in [0.4, 0.5) is 5.82 Å². The number of nitrogens with zero attached hydrogens (tertiary/aromatic N) is 5. The summed E-state index contributed by atoms with van der Waals surface area (Å²) in [5.41, 5.74) is 6.08. The van der Waals surface area contributed by atoms with Gasteiger partial charge in [0.15, 0.2) is 17.7 Å². The van der Waals surface area contributed by atoms with Crippen molar-refractivity contribution in [2.45, 2.75) is 49.4 Å². The Morgan fingerprint density at radius 2 is 1.93 bits per heavy atom. The average Bonchev–Trinajstić information content (AvgIpc) is 3.71. The topological polar surface area (TPSA) is 228 Å². The predicted molar refractivity (Wildman–Crippen MR) is 160 cm³/mol. The fraction of sp³-hybridized carbons (Fsp3) is 0.423. The van der Waals surface area contributed by atoms with Crippen LogP contribution in [0, 0.1) is 0 Å².